The van der Waals surface area contributed by atoms with Crippen molar-refractivity contribution in [2.75, 3.05) is 6.61 Å². The van der Waals surface area contributed by atoms with E-state index in [4.69, 9.17) is 23.7 Å². The molecule has 10 nitrogen and oxygen atoms in total. The van der Waals surface area contributed by atoms with E-state index in [0.717, 1.165) is 27.7 Å². The van der Waals surface area contributed by atoms with Gasteiger partial charge in [-0.05, 0) is 0 Å². The van der Waals surface area contributed by atoms with Gasteiger partial charge in [0.05, 0.1) is 0 Å². The van der Waals surface area contributed by atoms with E-state index in [1.54, 1.807) is 0 Å². The molecule has 0 aromatic heterocycles. The first-order valence-corrected chi connectivity index (χ1v) is 7.10. The van der Waals surface area contributed by atoms with Crippen molar-refractivity contribution >= 4 is 23.9 Å². The van der Waals surface area contributed by atoms with Gasteiger partial charge < -0.3 is 28.8 Å². The predicted molar refractivity (Wildman–Crippen MR) is 74.2 cm³/mol. The van der Waals surface area contributed by atoms with Crippen molar-refractivity contribution in [3.05, 3.63) is 0 Å². The summed E-state index contributed by atoms with van der Waals surface area (Å²) in [5.74, 6) is -2.87. The van der Waals surface area contributed by atoms with E-state index in [9.17, 15) is 24.3 Å². The van der Waals surface area contributed by atoms with Crippen LogP contribution >= 0.6 is 0 Å². The molecule has 139 valence electrons. The average molecular weight is 575 g/mol. The Morgan fingerprint density at radius 2 is 1.32 bits per heavy atom. The molecule has 2 unspecified atom stereocenters. The topological polar surface area (TPSA) is 135 Å². The summed E-state index contributed by atoms with van der Waals surface area (Å²) in [4.78, 5) is 44.7. The number of ether oxygens (including phenoxy) is 5. The van der Waals surface area contributed by atoms with Gasteiger partial charge in [-0.15, -0.1) is 0 Å². The molecule has 0 amide bonds. The van der Waals surface area contributed by atoms with Crippen LogP contribution in [0.4, 0.5) is 0 Å². The fourth-order valence-corrected chi connectivity index (χ4v) is 2.15. The third kappa shape index (κ3) is 7.98. The molecule has 1 aliphatic heterocycles. The van der Waals surface area contributed by atoms with Crippen molar-refractivity contribution in [1.82, 2.24) is 0 Å². The van der Waals surface area contributed by atoms with Gasteiger partial charge in [0.2, 0.25) is 6.29 Å². The van der Waals surface area contributed by atoms with Gasteiger partial charge in [-0.3, -0.25) is 19.2 Å². The molecule has 0 aliphatic carbocycles. The van der Waals surface area contributed by atoms with Crippen LogP contribution in [0.3, 0.4) is 0 Å². The molecule has 1 radical (unpaired) electrons. The molecule has 1 saturated heterocycles. The number of rotatable bonds is 5. The smallest absolute Gasteiger partial charge is 0.305 e. The Bertz CT molecular complexity index is 492. The number of aliphatic hydroxyl groups is 1. The maximum atomic E-state index is 11.3. The van der Waals surface area contributed by atoms with Gasteiger partial charge in [-0.25, -0.2) is 0 Å². The van der Waals surface area contributed by atoms with Gasteiger partial charge in [0.15, 0.2) is 18.3 Å². The van der Waals surface area contributed by atoms with Crippen LogP contribution in [0.5, 0.6) is 0 Å². The van der Waals surface area contributed by atoms with E-state index in [0.29, 0.717) is 0 Å². The summed E-state index contributed by atoms with van der Waals surface area (Å²) in [6.07, 6.45) is -6.83. The van der Waals surface area contributed by atoms with Crippen molar-refractivity contribution < 1.29 is 92.0 Å². The minimum atomic E-state index is -1.60. The van der Waals surface area contributed by atoms with E-state index < -0.39 is 54.6 Å². The molecule has 0 aromatic rings. The van der Waals surface area contributed by atoms with Gasteiger partial charge >= 0.3 is 23.9 Å². The Kier molecular flexibility index (Phi) is 10.7. The van der Waals surface area contributed by atoms with Crippen LogP contribution in [0.15, 0.2) is 0 Å². The summed E-state index contributed by atoms with van der Waals surface area (Å²) >= 11 is 0. The quantitative estimate of drug-likeness (QED) is 0.324. The van der Waals surface area contributed by atoms with Gasteiger partial charge in [0.25, 0.3) is 0 Å². The molecule has 0 aromatic carbocycles. The molecule has 1 rings (SSSR count). The van der Waals surface area contributed by atoms with Crippen LogP contribution in [0.25, 0.3) is 0 Å². The first-order chi connectivity index (χ1) is 11.1. The van der Waals surface area contributed by atoms with Crippen LogP contribution in [0.1, 0.15) is 27.7 Å². The summed E-state index contributed by atoms with van der Waals surface area (Å²) < 4.78 is 25.0. The zero-order chi connectivity index (χ0) is 18.4. The Morgan fingerprint density at radius 3 is 1.76 bits per heavy atom. The van der Waals surface area contributed by atoms with Crippen molar-refractivity contribution in [1.29, 1.82) is 0 Å². The molecular weight excluding hydrogens is 555 g/mol. The summed E-state index contributed by atoms with van der Waals surface area (Å²) in [7, 11) is 0. The van der Waals surface area contributed by atoms with Crippen molar-refractivity contribution in [2.45, 2.75) is 58.4 Å². The number of carbonyl (C=O) groups is 4. The normalized spacial score (nSPS) is 28.1. The van der Waals surface area contributed by atoms with Crippen molar-refractivity contribution in [2.24, 2.45) is 0 Å². The maximum absolute atomic E-state index is 11.3. The molecule has 0 bridgehead atoms. The van der Waals surface area contributed by atoms with Crippen LogP contribution in [-0.2, 0) is 42.9 Å². The van der Waals surface area contributed by atoms with Crippen LogP contribution in [0.2, 0.25) is 0 Å². The van der Waals surface area contributed by atoms with E-state index >= 15 is 0 Å². The standard InChI is InChI=1S/C14H20O10.Ac/c1-6(15)20-5-10-12(21-7(2)16)13(22-8(3)17)11(19)14(24-10)23-9(4)18;/h10-14,19H,5H2,1-4H3;/t10?,11?,12-,13+,14+;/m1./s1. The second kappa shape index (κ2) is 11.1. The summed E-state index contributed by atoms with van der Waals surface area (Å²) in [6.45, 7) is 4.09. The van der Waals surface area contributed by atoms with E-state index in [-0.39, 0.29) is 50.7 Å². The fraction of sp³-hybridized carbons (Fsp3) is 0.714. The van der Waals surface area contributed by atoms with E-state index in [2.05, 4.69) is 0 Å². The first-order valence-electron chi connectivity index (χ1n) is 7.10. The number of carbonyl (C=O) groups excluding carboxylic acids is 4. The number of hydrogen-bond donors (Lipinski definition) is 1. The average Bonchev–Trinajstić information content (AvgIpc) is 2.42. The van der Waals surface area contributed by atoms with Crippen molar-refractivity contribution in [3.8, 4) is 0 Å². The number of aliphatic hydroxyl groups excluding tert-OH is 1. The zero-order valence-corrected chi connectivity index (χ0v) is 19.0. The second-order valence-corrected chi connectivity index (χ2v) is 5.09. The number of hydrogen-bond acceptors (Lipinski definition) is 10. The molecule has 25 heavy (non-hydrogen) atoms. The molecular formula is C14H20AcO10. The third-order valence-corrected chi connectivity index (χ3v) is 2.95. The minimum absolute atomic E-state index is 0. The van der Waals surface area contributed by atoms with E-state index in [1.807, 2.05) is 0 Å². The first kappa shape index (κ1) is 24.2. The van der Waals surface area contributed by atoms with E-state index in [1.165, 1.54) is 0 Å². The summed E-state index contributed by atoms with van der Waals surface area (Å²) in [5, 5.41) is 10.2. The SMILES string of the molecule is CC(=O)OCC1O[C@H](OC(C)=O)C(O)[C@H](OC(C)=O)[C@@H]1OC(C)=O.[Ac]. The third-order valence-electron chi connectivity index (χ3n) is 2.95. The zero-order valence-electron chi connectivity index (χ0n) is 14.3. The number of esters is 4. The Hall–Kier alpha value is -0.758. The Balaban J connectivity index is 0.00000576. The molecule has 1 fully saturated rings. The molecule has 0 saturated carbocycles. The Labute approximate surface area is 180 Å². The maximum Gasteiger partial charge on any atom is 0.305 e. The van der Waals surface area contributed by atoms with Crippen LogP contribution in [0, 0.1) is 44.1 Å². The minimum Gasteiger partial charge on any atom is -0.463 e. The largest absolute Gasteiger partial charge is 0.463 e. The monoisotopic (exact) mass is 575 g/mol. The molecule has 5 atom stereocenters. The molecule has 1 heterocycles. The second-order valence-electron chi connectivity index (χ2n) is 5.09. The summed E-state index contributed by atoms with van der Waals surface area (Å²) in [6, 6.07) is 0. The molecule has 1 aliphatic rings. The molecule has 0 spiro atoms. The fourth-order valence-electron chi connectivity index (χ4n) is 2.15. The molecule has 1 N–H and O–H groups in total. The van der Waals surface area contributed by atoms with Crippen molar-refractivity contribution in [3.63, 3.8) is 0 Å². The predicted octanol–water partition coefficient (Wildman–Crippen LogP) is -0.938. The van der Waals surface area contributed by atoms with Gasteiger partial charge in [-0.2, -0.15) is 0 Å². The van der Waals surface area contributed by atoms with Gasteiger partial charge in [0, 0.05) is 71.8 Å². The van der Waals surface area contributed by atoms with Crippen LogP contribution < -0.4 is 0 Å². The van der Waals surface area contributed by atoms with Gasteiger partial charge in [0.1, 0.15) is 12.7 Å². The van der Waals surface area contributed by atoms with Gasteiger partial charge in [-0.1, -0.05) is 0 Å². The van der Waals surface area contributed by atoms with Crippen LogP contribution in [-0.4, -0.2) is 66.3 Å². The molecule has 11 heteroatoms. The summed E-state index contributed by atoms with van der Waals surface area (Å²) in [5.41, 5.74) is 0. The Morgan fingerprint density at radius 1 is 0.840 bits per heavy atom.